The zero-order valence-electron chi connectivity index (χ0n) is 12.9. The van der Waals surface area contributed by atoms with Gasteiger partial charge in [0.25, 0.3) is 0 Å². The highest BCUT2D eigenvalue weighted by Crippen LogP contribution is 2.30. The van der Waals surface area contributed by atoms with Gasteiger partial charge >= 0.3 is 5.97 Å². The summed E-state index contributed by atoms with van der Waals surface area (Å²) in [6.45, 7) is 5.90. The van der Waals surface area contributed by atoms with Crippen LogP contribution in [0.4, 0.5) is 0 Å². The lowest BCUT2D eigenvalue weighted by atomic mass is 9.92. The van der Waals surface area contributed by atoms with E-state index in [9.17, 15) is 9.59 Å². The topological polar surface area (TPSA) is 75.6 Å². The molecule has 0 spiro atoms. The fraction of sp³-hybridized carbons (Fsp3) is 0.750. The second-order valence-corrected chi connectivity index (χ2v) is 5.52. The molecule has 1 saturated heterocycles. The number of amides is 1. The highest BCUT2D eigenvalue weighted by molar-refractivity contribution is 5.99. The van der Waals surface area contributed by atoms with Gasteiger partial charge in [0.2, 0.25) is 5.91 Å². The summed E-state index contributed by atoms with van der Waals surface area (Å²) in [5, 5.41) is 11.3. The van der Waals surface area contributed by atoms with Crippen molar-refractivity contribution >= 4 is 11.9 Å². The van der Waals surface area contributed by atoms with Crippen LogP contribution in [0.25, 0.3) is 0 Å². The number of hydrogen-bond acceptors (Lipinski definition) is 4. The molecule has 2 N–H and O–H groups in total. The minimum absolute atomic E-state index is 0.123. The fourth-order valence-corrected chi connectivity index (χ4v) is 2.60. The predicted octanol–water partition coefficient (Wildman–Crippen LogP) is 1.94. The third-order valence-corrected chi connectivity index (χ3v) is 3.80. The van der Waals surface area contributed by atoms with Gasteiger partial charge in [0.1, 0.15) is 12.0 Å². The molecule has 0 aliphatic carbocycles. The number of cyclic esters (lactones) is 1. The molecule has 5 heteroatoms. The Labute approximate surface area is 126 Å². The second kappa shape index (κ2) is 9.55. The smallest absolute Gasteiger partial charge is 0.334 e. The molecule has 0 radical (unpaired) electrons. The van der Waals surface area contributed by atoms with Crippen molar-refractivity contribution in [3.05, 3.63) is 12.2 Å². The van der Waals surface area contributed by atoms with Gasteiger partial charge in [-0.05, 0) is 12.8 Å². The normalized spacial score (nSPS) is 21.4. The van der Waals surface area contributed by atoms with Gasteiger partial charge in [-0.25, -0.2) is 4.79 Å². The number of hydrogen-bond donors (Lipinski definition) is 2. The molecule has 1 unspecified atom stereocenters. The average molecular weight is 297 g/mol. The maximum absolute atomic E-state index is 12.0. The summed E-state index contributed by atoms with van der Waals surface area (Å²) >= 11 is 0. The largest absolute Gasteiger partial charge is 0.458 e. The Kier molecular flexibility index (Phi) is 8.05. The molecule has 120 valence electrons. The van der Waals surface area contributed by atoms with Crippen molar-refractivity contribution in [2.45, 2.75) is 58.0 Å². The summed E-state index contributed by atoms with van der Waals surface area (Å²) in [6, 6.07) is 0. The molecule has 1 aliphatic heterocycles. The number of nitrogens with one attached hydrogen (secondary N) is 1. The van der Waals surface area contributed by atoms with E-state index < -0.39 is 18.0 Å². The molecule has 2 atom stereocenters. The molecule has 1 amide bonds. The molecule has 0 aromatic heterocycles. The molecular weight excluding hydrogens is 270 g/mol. The van der Waals surface area contributed by atoms with Gasteiger partial charge in [-0.2, -0.15) is 0 Å². The summed E-state index contributed by atoms with van der Waals surface area (Å²) in [4.78, 5) is 23.6. The number of ether oxygens (including phenoxy) is 1. The molecule has 1 aliphatic rings. The van der Waals surface area contributed by atoms with Crippen LogP contribution in [-0.4, -0.2) is 36.2 Å². The number of unbranched alkanes of at least 4 members (excludes halogenated alkanes) is 5. The summed E-state index contributed by atoms with van der Waals surface area (Å²) in [6.07, 6.45) is 7.19. The highest BCUT2D eigenvalue weighted by Gasteiger charge is 2.42. The number of carbonyl (C=O) groups excluding carboxylic acids is 2. The average Bonchev–Trinajstić information content (AvgIpc) is 2.75. The Balaban J connectivity index is 2.41. The van der Waals surface area contributed by atoms with Gasteiger partial charge in [0, 0.05) is 12.1 Å². The monoisotopic (exact) mass is 297 g/mol. The van der Waals surface area contributed by atoms with Gasteiger partial charge in [-0.15, -0.1) is 0 Å². The number of carbonyl (C=O) groups is 2. The molecule has 21 heavy (non-hydrogen) atoms. The first-order valence-corrected chi connectivity index (χ1v) is 7.90. The molecule has 0 aromatic rings. The zero-order valence-corrected chi connectivity index (χ0v) is 12.9. The SMILES string of the molecule is C=C1C(=O)O[C@H](CCCCCCCC)C1C(=O)NCCO. The van der Waals surface area contributed by atoms with E-state index in [2.05, 4.69) is 18.8 Å². The van der Waals surface area contributed by atoms with Crippen LogP contribution in [0, 0.1) is 5.92 Å². The lowest BCUT2D eigenvalue weighted by Crippen LogP contribution is -2.37. The third kappa shape index (κ3) is 5.50. The lowest BCUT2D eigenvalue weighted by molar-refractivity contribution is -0.140. The molecule has 0 aromatic carbocycles. The summed E-state index contributed by atoms with van der Waals surface area (Å²) in [5.74, 6) is -1.37. The van der Waals surface area contributed by atoms with Crippen molar-refractivity contribution in [2.75, 3.05) is 13.2 Å². The van der Waals surface area contributed by atoms with Gasteiger partial charge in [-0.1, -0.05) is 45.6 Å². The molecule has 0 bridgehead atoms. The van der Waals surface area contributed by atoms with Gasteiger partial charge < -0.3 is 15.2 Å². The zero-order chi connectivity index (χ0) is 15.7. The van der Waals surface area contributed by atoms with Crippen LogP contribution in [0.2, 0.25) is 0 Å². The van der Waals surface area contributed by atoms with Crippen LogP contribution < -0.4 is 5.32 Å². The first kappa shape index (κ1) is 17.7. The van der Waals surface area contributed by atoms with Crippen molar-refractivity contribution in [1.82, 2.24) is 5.32 Å². The fourth-order valence-electron chi connectivity index (χ4n) is 2.60. The van der Waals surface area contributed by atoms with E-state index in [0.29, 0.717) is 6.42 Å². The van der Waals surface area contributed by atoms with E-state index in [0.717, 1.165) is 12.8 Å². The Bertz CT molecular complexity index is 367. The highest BCUT2D eigenvalue weighted by atomic mass is 16.6. The van der Waals surface area contributed by atoms with Gasteiger partial charge in [0.15, 0.2) is 0 Å². The van der Waals surface area contributed by atoms with E-state index in [4.69, 9.17) is 9.84 Å². The van der Waals surface area contributed by atoms with E-state index in [1.807, 2.05) is 0 Å². The summed E-state index contributed by atoms with van der Waals surface area (Å²) in [7, 11) is 0. The maximum Gasteiger partial charge on any atom is 0.334 e. The molecule has 1 fully saturated rings. The molecule has 5 nitrogen and oxygen atoms in total. The number of rotatable bonds is 10. The van der Waals surface area contributed by atoms with Crippen LogP contribution in [-0.2, 0) is 14.3 Å². The molecule has 0 saturated carbocycles. The van der Waals surface area contributed by atoms with Crippen LogP contribution in [0.3, 0.4) is 0 Å². The molecular formula is C16H27NO4. The van der Waals surface area contributed by atoms with Crippen LogP contribution in [0.15, 0.2) is 12.2 Å². The van der Waals surface area contributed by atoms with Crippen LogP contribution >= 0.6 is 0 Å². The van der Waals surface area contributed by atoms with Crippen molar-refractivity contribution in [1.29, 1.82) is 0 Å². The quantitative estimate of drug-likeness (QED) is 0.367. The van der Waals surface area contributed by atoms with Crippen molar-refractivity contribution in [3.63, 3.8) is 0 Å². The van der Waals surface area contributed by atoms with Crippen molar-refractivity contribution in [2.24, 2.45) is 5.92 Å². The maximum atomic E-state index is 12.0. The minimum atomic E-state index is -0.611. The third-order valence-electron chi connectivity index (χ3n) is 3.80. The minimum Gasteiger partial charge on any atom is -0.458 e. The first-order valence-electron chi connectivity index (χ1n) is 7.90. The molecule has 1 heterocycles. The Morgan fingerprint density at radius 3 is 2.62 bits per heavy atom. The summed E-state index contributed by atoms with van der Waals surface area (Å²) < 4.78 is 5.25. The van der Waals surface area contributed by atoms with E-state index in [1.165, 1.54) is 25.7 Å². The second-order valence-electron chi connectivity index (χ2n) is 5.52. The molecule has 1 rings (SSSR count). The summed E-state index contributed by atoms with van der Waals surface area (Å²) in [5.41, 5.74) is 0.224. The van der Waals surface area contributed by atoms with E-state index in [1.54, 1.807) is 0 Å². The van der Waals surface area contributed by atoms with Gasteiger partial charge in [-0.3, -0.25) is 4.79 Å². The van der Waals surface area contributed by atoms with Crippen molar-refractivity contribution < 1.29 is 19.4 Å². The number of aliphatic hydroxyl groups is 1. The Hall–Kier alpha value is -1.36. The standard InChI is InChI=1S/C16H27NO4/c1-3-4-5-6-7-8-9-13-14(12(2)16(20)21-13)15(19)17-10-11-18/h13-14,18H,2-11H2,1H3,(H,17,19)/t13-,14?/m1/s1. The van der Waals surface area contributed by atoms with Crippen LogP contribution in [0.1, 0.15) is 51.9 Å². The Morgan fingerprint density at radius 2 is 1.95 bits per heavy atom. The van der Waals surface area contributed by atoms with E-state index in [-0.39, 0.29) is 24.6 Å². The number of aliphatic hydroxyl groups excluding tert-OH is 1. The van der Waals surface area contributed by atoms with Gasteiger partial charge in [0.05, 0.1) is 6.61 Å². The van der Waals surface area contributed by atoms with Crippen molar-refractivity contribution in [3.8, 4) is 0 Å². The van der Waals surface area contributed by atoms with Crippen LogP contribution in [0.5, 0.6) is 0 Å². The Morgan fingerprint density at radius 1 is 1.29 bits per heavy atom. The van der Waals surface area contributed by atoms with E-state index >= 15 is 0 Å². The lowest BCUT2D eigenvalue weighted by Gasteiger charge is -2.17. The predicted molar refractivity (Wildman–Crippen MR) is 80.6 cm³/mol. The first-order chi connectivity index (χ1) is 10.1. The number of esters is 1.